The molecule has 1 saturated carbocycles. The van der Waals surface area contributed by atoms with Crippen LogP contribution in [0.3, 0.4) is 0 Å². The second-order valence-corrected chi connectivity index (χ2v) is 3.81. The van der Waals surface area contributed by atoms with E-state index in [0.29, 0.717) is 5.56 Å². The average Bonchev–Trinajstić information content (AvgIpc) is 3.10. The van der Waals surface area contributed by atoms with Gasteiger partial charge in [-0.15, -0.1) is 0 Å². The van der Waals surface area contributed by atoms with Crippen LogP contribution in [0, 0.1) is 0 Å². The Bertz CT molecular complexity index is 471. The molecule has 4 nitrogen and oxygen atoms in total. The van der Waals surface area contributed by atoms with Crippen molar-refractivity contribution in [1.29, 1.82) is 0 Å². The Kier molecular flexibility index (Phi) is 2.59. The molecule has 1 aromatic rings. The first-order chi connectivity index (χ1) is 7.72. The van der Waals surface area contributed by atoms with Crippen molar-refractivity contribution in [3.8, 4) is 0 Å². The fourth-order valence-electron chi connectivity index (χ4n) is 1.72. The van der Waals surface area contributed by atoms with Gasteiger partial charge in [0.2, 0.25) is 6.08 Å². The van der Waals surface area contributed by atoms with Crippen molar-refractivity contribution in [3.63, 3.8) is 0 Å². The summed E-state index contributed by atoms with van der Waals surface area (Å²) >= 11 is 0. The molecule has 0 radical (unpaired) electrons. The van der Waals surface area contributed by atoms with Gasteiger partial charge in [-0.05, 0) is 30.5 Å². The molecule has 0 aliphatic heterocycles. The third-order valence-electron chi connectivity index (χ3n) is 2.80. The fraction of sp³-hybridized carbons (Fsp3) is 0.333. The minimum absolute atomic E-state index is 0.382. The molecule has 2 rings (SSSR count). The summed E-state index contributed by atoms with van der Waals surface area (Å²) in [6, 6.07) is 7.03. The Morgan fingerprint density at radius 2 is 2.25 bits per heavy atom. The minimum Gasteiger partial charge on any atom is -0.465 e. The van der Waals surface area contributed by atoms with Crippen LogP contribution in [0.15, 0.2) is 29.3 Å². The van der Waals surface area contributed by atoms with Gasteiger partial charge in [0.15, 0.2) is 0 Å². The van der Waals surface area contributed by atoms with E-state index in [-0.39, 0.29) is 5.97 Å². The molecule has 82 valence electrons. The molecule has 0 bridgehead atoms. The van der Waals surface area contributed by atoms with Gasteiger partial charge in [0.05, 0.1) is 18.2 Å². The van der Waals surface area contributed by atoms with E-state index < -0.39 is 5.54 Å². The maximum atomic E-state index is 11.3. The maximum absolute atomic E-state index is 11.3. The van der Waals surface area contributed by atoms with E-state index in [4.69, 9.17) is 0 Å². The lowest BCUT2D eigenvalue weighted by atomic mass is 10.0. The summed E-state index contributed by atoms with van der Waals surface area (Å²) in [6.07, 6.45) is 3.24. The molecular weight excluding hydrogens is 206 g/mol. The standard InChI is InChI=1S/C12H11NO3/c1-16-11(15)9-3-2-4-10(7-9)12(5-6-12)13-8-14/h2-4,7H,5-6H2,1H3. The third kappa shape index (κ3) is 1.75. The van der Waals surface area contributed by atoms with Crippen molar-refractivity contribution in [2.45, 2.75) is 18.4 Å². The van der Waals surface area contributed by atoms with E-state index >= 15 is 0 Å². The number of hydrogen-bond acceptors (Lipinski definition) is 4. The summed E-state index contributed by atoms with van der Waals surface area (Å²) in [5, 5.41) is 0. The van der Waals surface area contributed by atoms with Crippen molar-refractivity contribution in [1.82, 2.24) is 0 Å². The van der Waals surface area contributed by atoms with E-state index in [1.165, 1.54) is 7.11 Å². The number of benzene rings is 1. The van der Waals surface area contributed by atoms with Crippen LogP contribution in [-0.2, 0) is 15.1 Å². The van der Waals surface area contributed by atoms with Gasteiger partial charge in [-0.25, -0.2) is 9.59 Å². The minimum atomic E-state index is -0.439. The van der Waals surface area contributed by atoms with E-state index in [0.717, 1.165) is 18.4 Å². The summed E-state index contributed by atoms with van der Waals surface area (Å²) in [4.78, 5) is 25.5. The van der Waals surface area contributed by atoms with Gasteiger partial charge in [-0.3, -0.25) is 0 Å². The van der Waals surface area contributed by atoms with E-state index in [9.17, 15) is 9.59 Å². The molecule has 16 heavy (non-hydrogen) atoms. The summed E-state index contributed by atoms with van der Waals surface area (Å²) < 4.78 is 4.64. The van der Waals surface area contributed by atoms with Crippen molar-refractivity contribution in [2.24, 2.45) is 4.99 Å². The third-order valence-corrected chi connectivity index (χ3v) is 2.80. The average molecular weight is 217 g/mol. The summed E-state index contributed by atoms with van der Waals surface area (Å²) in [5.41, 5.74) is 0.914. The van der Waals surface area contributed by atoms with E-state index in [1.54, 1.807) is 24.3 Å². The number of aliphatic imine (C=N–C) groups is 1. The highest BCUT2D eigenvalue weighted by atomic mass is 16.5. The summed E-state index contributed by atoms with van der Waals surface area (Å²) in [6.45, 7) is 0. The molecule has 0 amide bonds. The quantitative estimate of drug-likeness (QED) is 0.440. The number of ether oxygens (including phenoxy) is 1. The molecule has 0 spiro atoms. The zero-order chi connectivity index (χ0) is 11.6. The highest BCUT2D eigenvalue weighted by Crippen LogP contribution is 2.49. The van der Waals surface area contributed by atoms with Crippen molar-refractivity contribution >= 4 is 12.0 Å². The number of carbonyl (C=O) groups is 1. The van der Waals surface area contributed by atoms with Crippen LogP contribution < -0.4 is 0 Å². The SMILES string of the molecule is COC(=O)c1cccc(C2(N=C=O)CC2)c1. The second kappa shape index (κ2) is 3.91. The number of carbonyl (C=O) groups excluding carboxylic acids is 2. The van der Waals surface area contributed by atoms with Crippen LogP contribution in [0.4, 0.5) is 0 Å². The summed E-state index contributed by atoms with van der Waals surface area (Å²) in [5.74, 6) is -0.382. The van der Waals surface area contributed by atoms with Crippen LogP contribution in [-0.4, -0.2) is 19.2 Å². The van der Waals surface area contributed by atoms with Gasteiger partial charge in [0, 0.05) is 0 Å². The Balaban J connectivity index is 2.36. The Morgan fingerprint density at radius 3 is 2.81 bits per heavy atom. The molecule has 0 N–H and O–H groups in total. The zero-order valence-corrected chi connectivity index (χ0v) is 8.90. The number of hydrogen-bond donors (Lipinski definition) is 0. The first-order valence-corrected chi connectivity index (χ1v) is 5.00. The largest absolute Gasteiger partial charge is 0.465 e. The molecule has 4 heteroatoms. The van der Waals surface area contributed by atoms with Crippen molar-refractivity contribution < 1.29 is 14.3 Å². The Hall–Kier alpha value is -1.93. The molecule has 0 unspecified atom stereocenters. The molecule has 0 atom stereocenters. The maximum Gasteiger partial charge on any atom is 0.337 e. The lowest BCUT2D eigenvalue weighted by Crippen LogP contribution is -2.06. The number of isocyanates is 1. The zero-order valence-electron chi connectivity index (χ0n) is 8.90. The lowest BCUT2D eigenvalue weighted by molar-refractivity contribution is 0.0600. The van der Waals surface area contributed by atoms with Crippen LogP contribution in [0.25, 0.3) is 0 Å². The number of nitrogens with zero attached hydrogens (tertiary/aromatic N) is 1. The van der Waals surface area contributed by atoms with Crippen LogP contribution in [0.1, 0.15) is 28.8 Å². The predicted molar refractivity (Wildman–Crippen MR) is 56.8 cm³/mol. The van der Waals surface area contributed by atoms with Gasteiger partial charge in [0.25, 0.3) is 0 Å². The van der Waals surface area contributed by atoms with E-state index in [2.05, 4.69) is 9.73 Å². The second-order valence-electron chi connectivity index (χ2n) is 3.81. The van der Waals surface area contributed by atoms with Crippen LogP contribution in [0.2, 0.25) is 0 Å². The highest BCUT2D eigenvalue weighted by Gasteiger charge is 2.44. The van der Waals surface area contributed by atoms with Gasteiger partial charge >= 0.3 is 5.97 Å². The van der Waals surface area contributed by atoms with E-state index in [1.807, 2.05) is 6.07 Å². The Morgan fingerprint density at radius 1 is 1.50 bits per heavy atom. The molecule has 0 aromatic heterocycles. The normalized spacial score (nSPS) is 16.1. The topological polar surface area (TPSA) is 55.7 Å². The van der Waals surface area contributed by atoms with Crippen molar-refractivity contribution in [3.05, 3.63) is 35.4 Å². The van der Waals surface area contributed by atoms with Gasteiger partial charge < -0.3 is 4.74 Å². The molecule has 0 heterocycles. The highest BCUT2D eigenvalue weighted by molar-refractivity contribution is 5.89. The smallest absolute Gasteiger partial charge is 0.337 e. The molecule has 1 fully saturated rings. The molecular formula is C12H11NO3. The monoisotopic (exact) mass is 217 g/mol. The first-order valence-electron chi connectivity index (χ1n) is 5.00. The van der Waals surface area contributed by atoms with Crippen molar-refractivity contribution in [2.75, 3.05) is 7.11 Å². The number of rotatable bonds is 3. The number of methoxy groups -OCH3 is 1. The Labute approximate surface area is 92.9 Å². The lowest BCUT2D eigenvalue weighted by Gasteiger charge is -2.09. The fourth-order valence-corrected chi connectivity index (χ4v) is 1.72. The number of esters is 1. The van der Waals surface area contributed by atoms with Crippen LogP contribution in [0.5, 0.6) is 0 Å². The first kappa shape index (κ1) is 10.6. The molecule has 1 aromatic carbocycles. The van der Waals surface area contributed by atoms with Gasteiger partial charge in [-0.2, -0.15) is 4.99 Å². The van der Waals surface area contributed by atoms with Gasteiger partial charge in [-0.1, -0.05) is 12.1 Å². The summed E-state index contributed by atoms with van der Waals surface area (Å²) in [7, 11) is 1.34. The molecule has 0 saturated heterocycles. The van der Waals surface area contributed by atoms with Gasteiger partial charge in [0.1, 0.15) is 0 Å². The molecule has 1 aliphatic rings. The van der Waals surface area contributed by atoms with Crippen LogP contribution >= 0.6 is 0 Å². The predicted octanol–water partition coefficient (Wildman–Crippen LogP) is 1.80. The molecule has 1 aliphatic carbocycles.